The summed E-state index contributed by atoms with van der Waals surface area (Å²) in [5.41, 5.74) is 10.0. The van der Waals surface area contributed by atoms with Crippen molar-refractivity contribution < 1.29 is 4.74 Å². The molecule has 0 radical (unpaired) electrons. The van der Waals surface area contributed by atoms with E-state index in [4.69, 9.17) is 10.5 Å². The minimum Gasteiger partial charge on any atom is -0.497 e. The molecule has 0 spiro atoms. The molecule has 0 amide bonds. The van der Waals surface area contributed by atoms with E-state index in [1.807, 2.05) is 48.5 Å². The van der Waals surface area contributed by atoms with E-state index < -0.39 is 0 Å². The Balaban J connectivity index is 2.15. The fourth-order valence-corrected chi connectivity index (χ4v) is 2.15. The van der Waals surface area contributed by atoms with E-state index >= 15 is 0 Å². The Morgan fingerprint density at radius 1 is 1.00 bits per heavy atom. The quantitative estimate of drug-likeness (QED) is 0.718. The number of para-hydroxylation sites is 1. The molecule has 2 aromatic carbocycles. The van der Waals surface area contributed by atoms with Gasteiger partial charge in [-0.05, 0) is 30.3 Å². The predicted octanol–water partition coefficient (Wildman–Crippen LogP) is 3.43. The van der Waals surface area contributed by atoms with E-state index in [0.717, 1.165) is 33.6 Å². The Labute approximate surface area is 105 Å². The molecular weight excluding hydrogens is 224 g/mol. The number of ether oxygens (including phenoxy) is 1. The zero-order valence-corrected chi connectivity index (χ0v) is 10.1. The Bertz CT molecular complexity index is 683. The van der Waals surface area contributed by atoms with Gasteiger partial charge in [-0.25, -0.2) is 0 Å². The number of anilines is 1. The number of H-pyrrole nitrogens is 1. The number of hydrogen-bond acceptors (Lipinski definition) is 2. The summed E-state index contributed by atoms with van der Waals surface area (Å²) in [5.74, 6) is 0.841. The molecule has 0 fully saturated rings. The largest absolute Gasteiger partial charge is 0.497 e. The predicted molar refractivity (Wildman–Crippen MR) is 74.7 cm³/mol. The normalized spacial score (nSPS) is 10.7. The highest BCUT2D eigenvalue weighted by Gasteiger charge is 2.09. The van der Waals surface area contributed by atoms with E-state index in [9.17, 15) is 0 Å². The maximum Gasteiger partial charge on any atom is 0.118 e. The first-order valence-electron chi connectivity index (χ1n) is 5.80. The van der Waals surface area contributed by atoms with Crippen LogP contribution in [-0.2, 0) is 0 Å². The summed E-state index contributed by atoms with van der Waals surface area (Å²) in [6.45, 7) is 0. The zero-order chi connectivity index (χ0) is 12.5. The Morgan fingerprint density at radius 3 is 2.39 bits per heavy atom. The number of fused-ring (bicyclic) bond motifs is 1. The molecule has 0 saturated heterocycles. The van der Waals surface area contributed by atoms with Crippen molar-refractivity contribution in [1.29, 1.82) is 0 Å². The van der Waals surface area contributed by atoms with E-state index in [2.05, 4.69) is 4.98 Å². The maximum atomic E-state index is 6.18. The first-order chi connectivity index (χ1) is 8.79. The molecule has 90 valence electrons. The van der Waals surface area contributed by atoms with Gasteiger partial charge in [0, 0.05) is 16.5 Å². The summed E-state index contributed by atoms with van der Waals surface area (Å²) in [6.07, 6.45) is 0. The highest BCUT2D eigenvalue weighted by molar-refractivity contribution is 5.99. The molecule has 0 aliphatic carbocycles. The van der Waals surface area contributed by atoms with Gasteiger partial charge in [0.05, 0.1) is 18.5 Å². The maximum absolute atomic E-state index is 6.18. The van der Waals surface area contributed by atoms with Crippen molar-refractivity contribution >= 4 is 16.6 Å². The minimum atomic E-state index is 0.788. The van der Waals surface area contributed by atoms with Crippen LogP contribution in [0, 0.1) is 0 Å². The molecule has 3 nitrogen and oxygen atoms in total. The third-order valence-corrected chi connectivity index (χ3v) is 3.12. The van der Waals surface area contributed by atoms with Crippen LogP contribution in [0.3, 0.4) is 0 Å². The van der Waals surface area contributed by atoms with Crippen molar-refractivity contribution in [2.24, 2.45) is 0 Å². The van der Waals surface area contributed by atoms with Gasteiger partial charge in [-0.3, -0.25) is 0 Å². The number of nitrogens with one attached hydrogen (secondary N) is 1. The van der Waals surface area contributed by atoms with E-state index in [1.54, 1.807) is 7.11 Å². The number of aromatic amines is 1. The van der Waals surface area contributed by atoms with Crippen molar-refractivity contribution in [2.45, 2.75) is 0 Å². The van der Waals surface area contributed by atoms with E-state index in [0.29, 0.717) is 0 Å². The lowest BCUT2D eigenvalue weighted by molar-refractivity contribution is 0.415. The number of nitrogen functional groups attached to an aromatic ring is 1. The molecule has 3 N–H and O–H groups in total. The monoisotopic (exact) mass is 238 g/mol. The smallest absolute Gasteiger partial charge is 0.118 e. The number of benzene rings is 2. The Hall–Kier alpha value is -2.42. The van der Waals surface area contributed by atoms with Crippen molar-refractivity contribution in [1.82, 2.24) is 4.98 Å². The average Bonchev–Trinajstić information content (AvgIpc) is 2.77. The fraction of sp³-hybridized carbons (Fsp3) is 0.0667. The van der Waals surface area contributed by atoms with Gasteiger partial charge < -0.3 is 15.5 Å². The SMILES string of the molecule is COc1ccc(-c2[nH]c3ccccc3c2N)cc1. The van der Waals surface area contributed by atoms with Crippen molar-refractivity contribution in [2.75, 3.05) is 12.8 Å². The Morgan fingerprint density at radius 2 is 1.72 bits per heavy atom. The van der Waals surface area contributed by atoms with Crippen LogP contribution in [0.1, 0.15) is 0 Å². The van der Waals surface area contributed by atoms with Crippen LogP contribution in [0.2, 0.25) is 0 Å². The number of nitrogens with two attached hydrogens (primary N) is 1. The van der Waals surface area contributed by atoms with Gasteiger partial charge in [0.2, 0.25) is 0 Å². The molecule has 0 atom stereocenters. The zero-order valence-electron chi connectivity index (χ0n) is 10.1. The molecule has 1 aromatic heterocycles. The van der Waals surface area contributed by atoms with Gasteiger partial charge in [-0.2, -0.15) is 0 Å². The number of aromatic nitrogens is 1. The van der Waals surface area contributed by atoms with Crippen molar-refractivity contribution in [3.05, 3.63) is 48.5 Å². The Kier molecular flexibility index (Phi) is 2.45. The van der Waals surface area contributed by atoms with Crippen molar-refractivity contribution in [3.8, 4) is 17.0 Å². The molecule has 3 heteroatoms. The molecule has 0 unspecified atom stereocenters. The van der Waals surface area contributed by atoms with Gasteiger partial charge in [-0.1, -0.05) is 18.2 Å². The summed E-state index contributed by atoms with van der Waals surface area (Å²) in [4.78, 5) is 3.35. The number of methoxy groups -OCH3 is 1. The fourth-order valence-electron chi connectivity index (χ4n) is 2.15. The molecule has 0 bridgehead atoms. The average molecular weight is 238 g/mol. The van der Waals surface area contributed by atoms with Crippen LogP contribution >= 0.6 is 0 Å². The van der Waals surface area contributed by atoms with Crippen LogP contribution in [0.15, 0.2) is 48.5 Å². The lowest BCUT2D eigenvalue weighted by Crippen LogP contribution is -1.87. The second-order valence-corrected chi connectivity index (χ2v) is 4.19. The van der Waals surface area contributed by atoms with Gasteiger partial charge >= 0.3 is 0 Å². The molecular formula is C15H14N2O. The van der Waals surface area contributed by atoms with Crippen LogP contribution < -0.4 is 10.5 Å². The van der Waals surface area contributed by atoms with Crippen LogP contribution in [-0.4, -0.2) is 12.1 Å². The molecule has 3 aromatic rings. The standard InChI is InChI=1S/C15H14N2O/c1-18-11-8-6-10(7-9-11)15-14(16)12-4-2-3-5-13(12)17-15/h2-9,17H,16H2,1H3. The summed E-state index contributed by atoms with van der Waals surface area (Å²) in [5, 5.41) is 1.06. The number of rotatable bonds is 2. The minimum absolute atomic E-state index is 0.788. The first kappa shape index (κ1) is 10.7. The third-order valence-electron chi connectivity index (χ3n) is 3.12. The second kappa shape index (κ2) is 4.11. The molecule has 3 rings (SSSR count). The molecule has 0 aliphatic heterocycles. The third kappa shape index (κ3) is 1.61. The molecule has 1 heterocycles. The van der Waals surface area contributed by atoms with Crippen LogP contribution in [0.25, 0.3) is 22.2 Å². The number of hydrogen-bond donors (Lipinski definition) is 2. The van der Waals surface area contributed by atoms with Gasteiger partial charge in [-0.15, -0.1) is 0 Å². The summed E-state index contributed by atoms with van der Waals surface area (Å²) >= 11 is 0. The molecule has 0 aliphatic rings. The van der Waals surface area contributed by atoms with E-state index in [-0.39, 0.29) is 0 Å². The highest BCUT2D eigenvalue weighted by atomic mass is 16.5. The van der Waals surface area contributed by atoms with Gasteiger partial charge in [0.15, 0.2) is 0 Å². The topological polar surface area (TPSA) is 51.0 Å². The van der Waals surface area contributed by atoms with Crippen LogP contribution in [0.4, 0.5) is 5.69 Å². The summed E-state index contributed by atoms with van der Waals surface area (Å²) in [7, 11) is 1.66. The molecule has 0 saturated carbocycles. The summed E-state index contributed by atoms with van der Waals surface area (Å²) in [6, 6.07) is 15.9. The van der Waals surface area contributed by atoms with Crippen molar-refractivity contribution in [3.63, 3.8) is 0 Å². The van der Waals surface area contributed by atoms with E-state index in [1.165, 1.54) is 0 Å². The molecule has 18 heavy (non-hydrogen) atoms. The van der Waals surface area contributed by atoms with Crippen LogP contribution in [0.5, 0.6) is 5.75 Å². The lowest BCUT2D eigenvalue weighted by Gasteiger charge is -2.02. The van der Waals surface area contributed by atoms with Gasteiger partial charge in [0.25, 0.3) is 0 Å². The first-order valence-corrected chi connectivity index (χ1v) is 5.80. The lowest BCUT2D eigenvalue weighted by atomic mass is 10.1. The highest BCUT2D eigenvalue weighted by Crippen LogP contribution is 2.32. The second-order valence-electron chi connectivity index (χ2n) is 4.19. The summed E-state index contributed by atoms with van der Waals surface area (Å²) < 4.78 is 5.15. The van der Waals surface area contributed by atoms with Gasteiger partial charge in [0.1, 0.15) is 5.75 Å².